The van der Waals surface area contributed by atoms with E-state index in [1.165, 1.54) is 0 Å². The molecule has 3 rings (SSSR count). The van der Waals surface area contributed by atoms with Crippen molar-refractivity contribution < 1.29 is 17.9 Å². The molecular formula is C21H26N2O4S. The van der Waals surface area contributed by atoms with Crippen LogP contribution < -0.4 is 14.4 Å². The van der Waals surface area contributed by atoms with Crippen molar-refractivity contribution in [3.8, 4) is 5.75 Å². The SMILES string of the molecule is Cc1cccc(N(CC(=O)N[C@@H]2CC(C)(C)Oc3ccccc32)S(C)(=O)=O)c1. The number of rotatable bonds is 5. The van der Waals surface area contributed by atoms with Gasteiger partial charge in [-0.15, -0.1) is 0 Å². The first kappa shape index (κ1) is 20.2. The second-order valence-electron chi connectivity index (χ2n) is 7.83. The average molecular weight is 403 g/mol. The van der Waals surface area contributed by atoms with E-state index in [9.17, 15) is 13.2 Å². The summed E-state index contributed by atoms with van der Waals surface area (Å²) >= 11 is 0. The highest BCUT2D eigenvalue weighted by Crippen LogP contribution is 2.39. The quantitative estimate of drug-likeness (QED) is 0.833. The first-order valence-corrected chi connectivity index (χ1v) is 11.0. The lowest BCUT2D eigenvalue weighted by atomic mass is 9.89. The van der Waals surface area contributed by atoms with Crippen LogP contribution >= 0.6 is 0 Å². The van der Waals surface area contributed by atoms with Gasteiger partial charge in [0.1, 0.15) is 17.9 Å². The van der Waals surface area contributed by atoms with Gasteiger partial charge >= 0.3 is 0 Å². The van der Waals surface area contributed by atoms with E-state index in [1.54, 1.807) is 18.2 Å². The summed E-state index contributed by atoms with van der Waals surface area (Å²) in [6.07, 6.45) is 1.70. The summed E-state index contributed by atoms with van der Waals surface area (Å²) in [5.41, 5.74) is 1.87. The molecule has 1 amide bonds. The minimum Gasteiger partial charge on any atom is -0.487 e. The molecule has 150 valence electrons. The molecule has 1 aliphatic heterocycles. The number of fused-ring (bicyclic) bond motifs is 1. The molecule has 28 heavy (non-hydrogen) atoms. The zero-order valence-electron chi connectivity index (χ0n) is 16.6. The maximum absolute atomic E-state index is 12.8. The molecule has 0 spiro atoms. The van der Waals surface area contributed by atoms with Gasteiger partial charge in [-0.25, -0.2) is 8.42 Å². The Morgan fingerprint density at radius 3 is 2.61 bits per heavy atom. The van der Waals surface area contributed by atoms with Crippen molar-refractivity contribution in [1.29, 1.82) is 0 Å². The van der Waals surface area contributed by atoms with E-state index < -0.39 is 15.6 Å². The van der Waals surface area contributed by atoms with Gasteiger partial charge in [0, 0.05) is 12.0 Å². The van der Waals surface area contributed by atoms with Crippen molar-refractivity contribution >= 4 is 21.6 Å². The number of aryl methyl sites for hydroxylation is 1. The zero-order chi connectivity index (χ0) is 20.5. The molecule has 0 radical (unpaired) electrons. The predicted octanol–water partition coefficient (Wildman–Crippen LogP) is 3.18. The van der Waals surface area contributed by atoms with Crippen LogP contribution in [0, 0.1) is 6.92 Å². The number of benzene rings is 2. The number of hydrogen-bond acceptors (Lipinski definition) is 4. The maximum Gasteiger partial charge on any atom is 0.241 e. The monoisotopic (exact) mass is 402 g/mol. The molecule has 0 bridgehead atoms. The number of sulfonamides is 1. The summed E-state index contributed by atoms with van der Waals surface area (Å²) in [6, 6.07) is 14.4. The highest BCUT2D eigenvalue weighted by molar-refractivity contribution is 7.92. The Labute approximate surface area is 166 Å². The first-order valence-electron chi connectivity index (χ1n) is 9.17. The number of nitrogens with one attached hydrogen (secondary N) is 1. The van der Waals surface area contributed by atoms with Gasteiger partial charge < -0.3 is 10.1 Å². The number of para-hydroxylation sites is 1. The van der Waals surface area contributed by atoms with Gasteiger partial charge in [-0.1, -0.05) is 30.3 Å². The Morgan fingerprint density at radius 2 is 1.93 bits per heavy atom. The van der Waals surface area contributed by atoms with E-state index in [1.807, 2.05) is 51.1 Å². The van der Waals surface area contributed by atoms with E-state index in [4.69, 9.17) is 4.74 Å². The molecule has 1 heterocycles. The van der Waals surface area contributed by atoms with E-state index >= 15 is 0 Å². The molecule has 6 nitrogen and oxygen atoms in total. The standard InChI is InChI=1S/C21H26N2O4S/c1-15-8-7-9-16(12-15)23(28(4,25)26)14-20(24)22-18-13-21(2,3)27-19-11-6-5-10-17(18)19/h5-12,18H,13-14H2,1-4H3,(H,22,24)/t18-/m1/s1. The number of anilines is 1. The highest BCUT2D eigenvalue weighted by Gasteiger charge is 2.34. The third-order valence-corrected chi connectivity index (χ3v) is 5.83. The molecule has 0 aliphatic carbocycles. The third-order valence-electron chi connectivity index (χ3n) is 4.69. The van der Waals surface area contributed by atoms with Gasteiger partial charge in [-0.3, -0.25) is 9.10 Å². The average Bonchev–Trinajstić information content (AvgIpc) is 2.57. The molecule has 0 fully saturated rings. The Kier molecular flexibility index (Phi) is 5.39. The normalized spacial score (nSPS) is 17.9. The van der Waals surface area contributed by atoms with Crippen LogP contribution in [0.15, 0.2) is 48.5 Å². The Balaban J connectivity index is 1.82. The lowest BCUT2D eigenvalue weighted by Gasteiger charge is -2.38. The van der Waals surface area contributed by atoms with Crippen molar-refractivity contribution in [2.24, 2.45) is 0 Å². The van der Waals surface area contributed by atoms with Crippen molar-refractivity contribution in [2.75, 3.05) is 17.1 Å². The van der Waals surface area contributed by atoms with E-state index in [-0.39, 0.29) is 18.5 Å². The number of hydrogen-bond donors (Lipinski definition) is 1. The molecule has 0 unspecified atom stereocenters. The number of carbonyl (C=O) groups is 1. The van der Waals surface area contributed by atoms with Gasteiger partial charge in [0.15, 0.2) is 0 Å². The van der Waals surface area contributed by atoms with Gasteiger partial charge in [0.25, 0.3) is 0 Å². The molecular weight excluding hydrogens is 376 g/mol. The van der Waals surface area contributed by atoms with Crippen molar-refractivity contribution in [3.05, 3.63) is 59.7 Å². The molecule has 1 N–H and O–H groups in total. The zero-order valence-corrected chi connectivity index (χ0v) is 17.4. The summed E-state index contributed by atoms with van der Waals surface area (Å²) in [7, 11) is -3.61. The van der Waals surface area contributed by atoms with Crippen LogP contribution in [0.2, 0.25) is 0 Å². The number of carbonyl (C=O) groups excluding carboxylic acids is 1. The van der Waals surface area contributed by atoms with E-state index in [2.05, 4.69) is 5.32 Å². The topological polar surface area (TPSA) is 75.7 Å². The smallest absolute Gasteiger partial charge is 0.241 e. The Bertz CT molecular complexity index is 985. The second kappa shape index (κ2) is 7.47. The fraction of sp³-hybridized carbons (Fsp3) is 0.381. The van der Waals surface area contributed by atoms with Crippen LogP contribution in [0.1, 0.15) is 37.4 Å². The Morgan fingerprint density at radius 1 is 1.21 bits per heavy atom. The minimum atomic E-state index is -3.61. The number of amides is 1. The largest absolute Gasteiger partial charge is 0.487 e. The first-order chi connectivity index (χ1) is 13.0. The molecule has 2 aromatic rings. The summed E-state index contributed by atoms with van der Waals surface area (Å²) in [6.45, 7) is 5.54. The summed E-state index contributed by atoms with van der Waals surface area (Å²) < 4.78 is 31.7. The van der Waals surface area contributed by atoms with Gasteiger partial charge in [-0.2, -0.15) is 0 Å². The van der Waals surface area contributed by atoms with Crippen LogP contribution in [0.5, 0.6) is 5.75 Å². The molecule has 0 aromatic heterocycles. The van der Waals surface area contributed by atoms with Crippen LogP contribution in [-0.4, -0.2) is 32.7 Å². The maximum atomic E-state index is 12.8. The number of ether oxygens (including phenoxy) is 1. The predicted molar refractivity (Wildman–Crippen MR) is 110 cm³/mol. The molecule has 1 atom stereocenters. The fourth-order valence-corrected chi connectivity index (χ4v) is 4.33. The van der Waals surface area contributed by atoms with E-state index in [0.717, 1.165) is 27.4 Å². The Hall–Kier alpha value is -2.54. The van der Waals surface area contributed by atoms with Crippen LogP contribution in [0.25, 0.3) is 0 Å². The molecule has 2 aromatic carbocycles. The van der Waals surface area contributed by atoms with Gasteiger partial charge in [-0.05, 0) is 44.5 Å². The minimum absolute atomic E-state index is 0.244. The number of nitrogens with zero attached hydrogens (tertiary/aromatic N) is 1. The molecule has 0 saturated heterocycles. The van der Waals surface area contributed by atoms with Gasteiger partial charge in [0.05, 0.1) is 18.0 Å². The summed E-state index contributed by atoms with van der Waals surface area (Å²) in [5, 5.41) is 2.99. The van der Waals surface area contributed by atoms with Gasteiger partial charge in [0.2, 0.25) is 15.9 Å². The van der Waals surface area contributed by atoms with Crippen molar-refractivity contribution in [1.82, 2.24) is 5.32 Å². The molecule has 1 aliphatic rings. The van der Waals surface area contributed by atoms with Crippen molar-refractivity contribution in [3.63, 3.8) is 0 Å². The van der Waals surface area contributed by atoms with Crippen LogP contribution in [0.4, 0.5) is 5.69 Å². The molecule has 7 heteroatoms. The van der Waals surface area contributed by atoms with E-state index in [0.29, 0.717) is 12.1 Å². The second-order valence-corrected chi connectivity index (χ2v) is 9.74. The van der Waals surface area contributed by atoms with Crippen molar-refractivity contribution in [2.45, 2.75) is 38.8 Å². The fourth-order valence-electron chi connectivity index (χ4n) is 3.48. The summed E-state index contributed by atoms with van der Waals surface area (Å²) in [4.78, 5) is 12.8. The lowest BCUT2D eigenvalue weighted by Crippen LogP contribution is -2.45. The lowest BCUT2D eigenvalue weighted by molar-refractivity contribution is -0.120. The highest BCUT2D eigenvalue weighted by atomic mass is 32.2. The van der Waals surface area contributed by atoms with Crippen LogP contribution in [-0.2, 0) is 14.8 Å². The third kappa shape index (κ3) is 4.65. The summed E-state index contributed by atoms with van der Waals surface area (Å²) in [5.74, 6) is 0.382. The molecule has 0 saturated carbocycles. The van der Waals surface area contributed by atoms with Crippen LogP contribution in [0.3, 0.4) is 0 Å².